The SMILES string of the molecule is CC(C)S(=O)(=O)N1CCN(Cl)CC1. The van der Waals surface area contributed by atoms with Crippen LogP contribution in [0.2, 0.25) is 0 Å². The van der Waals surface area contributed by atoms with Crippen molar-refractivity contribution in [1.29, 1.82) is 0 Å². The molecule has 1 fully saturated rings. The molecule has 4 nitrogen and oxygen atoms in total. The molecule has 1 aliphatic heterocycles. The molecule has 6 heteroatoms. The fraction of sp³-hybridized carbons (Fsp3) is 1.00. The van der Waals surface area contributed by atoms with Crippen LogP contribution in [-0.2, 0) is 10.0 Å². The zero-order chi connectivity index (χ0) is 10.1. The van der Waals surface area contributed by atoms with Crippen LogP contribution in [0.15, 0.2) is 0 Å². The highest BCUT2D eigenvalue weighted by atomic mass is 35.5. The third kappa shape index (κ3) is 2.56. The third-order valence-corrected chi connectivity index (χ3v) is 4.75. The topological polar surface area (TPSA) is 40.6 Å². The molecule has 78 valence electrons. The van der Waals surface area contributed by atoms with Gasteiger partial charge in [-0.05, 0) is 25.6 Å². The Kier molecular flexibility index (Phi) is 3.57. The van der Waals surface area contributed by atoms with Crippen molar-refractivity contribution >= 4 is 21.8 Å². The molecule has 0 saturated carbocycles. The number of sulfonamides is 1. The van der Waals surface area contributed by atoms with Gasteiger partial charge in [0.05, 0.1) is 5.25 Å². The van der Waals surface area contributed by atoms with Gasteiger partial charge in [-0.25, -0.2) is 12.8 Å². The fourth-order valence-corrected chi connectivity index (χ4v) is 2.64. The fourth-order valence-electron chi connectivity index (χ4n) is 1.22. The average Bonchev–Trinajstić information content (AvgIpc) is 2.04. The monoisotopic (exact) mass is 226 g/mol. The van der Waals surface area contributed by atoms with Crippen LogP contribution in [0.1, 0.15) is 13.8 Å². The van der Waals surface area contributed by atoms with Crippen molar-refractivity contribution in [3.8, 4) is 0 Å². The first-order valence-electron chi connectivity index (χ1n) is 4.34. The van der Waals surface area contributed by atoms with E-state index in [0.29, 0.717) is 26.2 Å². The Hall–Kier alpha value is 0.160. The van der Waals surface area contributed by atoms with Gasteiger partial charge in [-0.1, -0.05) is 0 Å². The Morgan fingerprint density at radius 3 is 2.00 bits per heavy atom. The van der Waals surface area contributed by atoms with E-state index in [4.69, 9.17) is 11.8 Å². The van der Waals surface area contributed by atoms with Gasteiger partial charge < -0.3 is 0 Å². The lowest BCUT2D eigenvalue weighted by atomic mass is 10.4. The highest BCUT2D eigenvalue weighted by Crippen LogP contribution is 2.12. The molecule has 0 N–H and O–H groups in total. The van der Waals surface area contributed by atoms with E-state index in [-0.39, 0.29) is 5.25 Å². The van der Waals surface area contributed by atoms with Gasteiger partial charge in [0.15, 0.2) is 0 Å². The van der Waals surface area contributed by atoms with Crippen LogP contribution < -0.4 is 0 Å². The lowest BCUT2D eigenvalue weighted by molar-refractivity contribution is 0.280. The molecule has 0 atom stereocenters. The average molecular weight is 227 g/mol. The number of piperazine rings is 1. The van der Waals surface area contributed by atoms with E-state index in [1.54, 1.807) is 18.3 Å². The van der Waals surface area contributed by atoms with Crippen molar-refractivity contribution in [1.82, 2.24) is 8.72 Å². The summed E-state index contributed by atoms with van der Waals surface area (Å²) in [6, 6.07) is 0. The second kappa shape index (κ2) is 4.13. The maximum atomic E-state index is 11.7. The van der Waals surface area contributed by atoms with Gasteiger partial charge in [0.2, 0.25) is 10.0 Å². The van der Waals surface area contributed by atoms with Crippen LogP contribution in [0.5, 0.6) is 0 Å². The van der Waals surface area contributed by atoms with Crippen LogP contribution in [0.3, 0.4) is 0 Å². The highest BCUT2D eigenvalue weighted by molar-refractivity contribution is 7.89. The predicted octanol–water partition coefficient (Wildman–Crippen LogP) is 0.496. The first-order chi connectivity index (χ1) is 5.94. The van der Waals surface area contributed by atoms with E-state index >= 15 is 0 Å². The summed E-state index contributed by atoms with van der Waals surface area (Å²) in [5, 5.41) is -0.339. The van der Waals surface area contributed by atoms with Crippen LogP contribution in [-0.4, -0.2) is 48.6 Å². The molecule has 1 aliphatic rings. The van der Waals surface area contributed by atoms with Gasteiger partial charge in [0, 0.05) is 26.2 Å². The minimum absolute atomic E-state index is 0.339. The van der Waals surface area contributed by atoms with Gasteiger partial charge in [-0.2, -0.15) is 4.31 Å². The van der Waals surface area contributed by atoms with Gasteiger partial charge in [0.25, 0.3) is 0 Å². The summed E-state index contributed by atoms with van der Waals surface area (Å²) in [5.41, 5.74) is 0. The number of halogens is 1. The van der Waals surface area contributed by atoms with E-state index < -0.39 is 10.0 Å². The number of rotatable bonds is 2. The summed E-state index contributed by atoms with van der Waals surface area (Å²) in [6.07, 6.45) is 0. The van der Waals surface area contributed by atoms with Crippen molar-refractivity contribution in [2.24, 2.45) is 0 Å². The van der Waals surface area contributed by atoms with E-state index in [1.165, 1.54) is 4.31 Å². The second-order valence-electron chi connectivity index (χ2n) is 3.40. The molecule has 0 bridgehead atoms. The highest BCUT2D eigenvalue weighted by Gasteiger charge is 2.28. The summed E-state index contributed by atoms with van der Waals surface area (Å²) >= 11 is 5.72. The number of hydrogen-bond donors (Lipinski definition) is 0. The van der Waals surface area contributed by atoms with Crippen molar-refractivity contribution in [3.05, 3.63) is 0 Å². The maximum absolute atomic E-state index is 11.7. The molecule has 0 aromatic heterocycles. The van der Waals surface area contributed by atoms with Gasteiger partial charge in [0.1, 0.15) is 0 Å². The lowest BCUT2D eigenvalue weighted by Gasteiger charge is -2.31. The number of hydrogen-bond acceptors (Lipinski definition) is 3. The summed E-state index contributed by atoms with van der Waals surface area (Å²) in [4.78, 5) is 0. The molecular weight excluding hydrogens is 212 g/mol. The molecule has 0 aromatic carbocycles. The molecule has 0 amide bonds. The van der Waals surface area contributed by atoms with E-state index in [9.17, 15) is 8.42 Å². The molecule has 1 saturated heterocycles. The molecule has 0 unspecified atom stereocenters. The van der Waals surface area contributed by atoms with Gasteiger partial charge >= 0.3 is 0 Å². The van der Waals surface area contributed by atoms with E-state index in [2.05, 4.69) is 0 Å². The van der Waals surface area contributed by atoms with Crippen molar-refractivity contribution in [2.75, 3.05) is 26.2 Å². The van der Waals surface area contributed by atoms with Crippen LogP contribution in [0, 0.1) is 0 Å². The zero-order valence-electron chi connectivity index (χ0n) is 7.90. The Balaban J connectivity index is 2.64. The van der Waals surface area contributed by atoms with Crippen LogP contribution in [0.25, 0.3) is 0 Å². The molecule has 0 aromatic rings. The lowest BCUT2D eigenvalue weighted by Crippen LogP contribution is -2.47. The summed E-state index contributed by atoms with van der Waals surface area (Å²) in [5.74, 6) is 0. The largest absolute Gasteiger partial charge is 0.218 e. The minimum atomic E-state index is -3.08. The molecule has 0 spiro atoms. The minimum Gasteiger partial charge on any atom is -0.218 e. The van der Waals surface area contributed by atoms with E-state index in [1.807, 2.05) is 0 Å². The number of nitrogens with zero attached hydrogens (tertiary/aromatic N) is 2. The first-order valence-corrected chi connectivity index (χ1v) is 6.18. The quantitative estimate of drug-likeness (QED) is 0.644. The Morgan fingerprint density at radius 1 is 1.15 bits per heavy atom. The van der Waals surface area contributed by atoms with Gasteiger partial charge in [-0.15, -0.1) is 0 Å². The Morgan fingerprint density at radius 2 is 1.62 bits per heavy atom. The van der Waals surface area contributed by atoms with Crippen molar-refractivity contribution in [3.63, 3.8) is 0 Å². The predicted molar refractivity (Wildman–Crippen MR) is 53.1 cm³/mol. The molecule has 0 aliphatic carbocycles. The maximum Gasteiger partial charge on any atom is 0.216 e. The molecule has 13 heavy (non-hydrogen) atoms. The zero-order valence-corrected chi connectivity index (χ0v) is 9.48. The Labute approximate surface area is 84.6 Å². The molecular formula is C7H15ClN2O2S. The molecule has 0 radical (unpaired) electrons. The molecule has 1 heterocycles. The van der Waals surface area contributed by atoms with Crippen molar-refractivity contribution in [2.45, 2.75) is 19.1 Å². The summed E-state index contributed by atoms with van der Waals surface area (Å²) in [7, 11) is -3.08. The molecule has 1 rings (SSSR count). The smallest absolute Gasteiger partial charge is 0.216 e. The van der Waals surface area contributed by atoms with Crippen LogP contribution >= 0.6 is 11.8 Å². The van der Waals surface area contributed by atoms with Crippen LogP contribution in [0.4, 0.5) is 0 Å². The third-order valence-electron chi connectivity index (χ3n) is 2.14. The van der Waals surface area contributed by atoms with Crippen molar-refractivity contribution < 1.29 is 8.42 Å². The van der Waals surface area contributed by atoms with E-state index in [0.717, 1.165) is 0 Å². The standard InChI is InChI=1S/C7H15ClN2O2S/c1-7(2)13(11,12)10-5-3-9(8)4-6-10/h7H,3-6H2,1-2H3. The Bertz CT molecular complexity index is 258. The normalized spacial score (nSPS) is 22.5. The second-order valence-corrected chi connectivity index (χ2v) is 6.37. The summed E-state index contributed by atoms with van der Waals surface area (Å²) in [6.45, 7) is 5.61. The summed E-state index contributed by atoms with van der Waals surface area (Å²) < 4.78 is 26.4. The first kappa shape index (κ1) is 11.2. The van der Waals surface area contributed by atoms with Gasteiger partial charge in [-0.3, -0.25) is 0 Å².